The molecule has 0 saturated heterocycles. The molecule has 172 valence electrons. The summed E-state index contributed by atoms with van der Waals surface area (Å²) in [6.07, 6.45) is 1.49. The molecule has 34 heavy (non-hydrogen) atoms. The normalized spacial score (nSPS) is 11.1. The molecule has 8 nitrogen and oxygen atoms in total. The topological polar surface area (TPSA) is 107 Å². The van der Waals surface area contributed by atoms with Crippen LogP contribution in [0.1, 0.15) is 21.7 Å². The second-order valence-corrected chi connectivity index (χ2v) is 9.64. The number of hydrogen-bond acceptors (Lipinski definition) is 6. The van der Waals surface area contributed by atoms with Crippen molar-refractivity contribution in [3.63, 3.8) is 0 Å². The van der Waals surface area contributed by atoms with Gasteiger partial charge in [-0.3, -0.25) is 14.9 Å². The number of nitro groups is 1. The summed E-state index contributed by atoms with van der Waals surface area (Å²) in [7, 11) is 0. The number of furan rings is 1. The first-order valence-electron chi connectivity index (χ1n) is 9.68. The van der Waals surface area contributed by atoms with Crippen LogP contribution >= 0.6 is 47.8 Å². The van der Waals surface area contributed by atoms with E-state index >= 15 is 0 Å². The van der Waals surface area contributed by atoms with Gasteiger partial charge >= 0.3 is 5.91 Å². The van der Waals surface area contributed by atoms with E-state index in [0.717, 1.165) is 15.4 Å². The van der Waals surface area contributed by atoms with Crippen LogP contribution in [0.25, 0.3) is 11.0 Å². The van der Waals surface area contributed by atoms with E-state index in [9.17, 15) is 14.9 Å². The average Bonchev–Trinajstić information content (AvgIpc) is 3.22. The lowest BCUT2D eigenvalue weighted by atomic mass is 10.2. The molecule has 0 aliphatic carbocycles. The van der Waals surface area contributed by atoms with E-state index < -0.39 is 10.8 Å². The molecule has 0 fully saturated rings. The van der Waals surface area contributed by atoms with Gasteiger partial charge in [-0.1, -0.05) is 15.9 Å². The highest BCUT2D eigenvalue weighted by Crippen LogP contribution is 2.35. The van der Waals surface area contributed by atoms with Crippen molar-refractivity contribution in [2.45, 2.75) is 6.61 Å². The van der Waals surface area contributed by atoms with E-state index in [1.807, 2.05) is 12.1 Å². The molecule has 1 amide bonds. The Bertz CT molecular complexity index is 1390. The van der Waals surface area contributed by atoms with Crippen LogP contribution in [0.2, 0.25) is 0 Å². The third-order valence-electron chi connectivity index (χ3n) is 4.63. The third-order valence-corrected chi connectivity index (χ3v) is 6.30. The molecule has 1 heterocycles. The average molecular weight is 652 g/mol. The summed E-state index contributed by atoms with van der Waals surface area (Å²) in [5, 5.41) is 15.6. The van der Waals surface area contributed by atoms with Crippen molar-refractivity contribution in [2.24, 2.45) is 5.10 Å². The summed E-state index contributed by atoms with van der Waals surface area (Å²) in [5.41, 5.74) is 4.57. The molecule has 4 aromatic rings. The Morgan fingerprint density at radius 2 is 1.76 bits per heavy atom. The van der Waals surface area contributed by atoms with Crippen molar-refractivity contribution in [1.82, 2.24) is 5.43 Å². The van der Waals surface area contributed by atoms with E-state index in [1.165, 1.54) is 18.3 Å². The minimum Gasteiger partial charge on any atom is -0.487 e. The maximum Gasteiger partial charge on any atom is 0.307 e. The highest BCUT2D eigenvalue weighted by molar-refractivity contribution is 9.11. The number of nitrogens with one attached hydrogen (secondary N) is 1. The van der Waals surface area contributed by atoms with E-state index in [-0.39, 0.29) is 18.1 Å². The first-order chi connectivity index (χ1) is 16.3. The van der Waals surface area contributed by atoms with Crippen LogP contribution in [0.5, 0.6) is 5.75 Å². The van der Waals surface area contributed by atoms with Crippen LogP contribution in [-0.4, -0.2) is 17.0 Å². The van der Waals surface area contributed by atoms with Crippen LogP contribution in [0, 0.1) is 10.1 Å². The predicted molar refractivity (Wildman–Crippen MR) is 138 cm³/mol. The van der Waals surface area contributed by atoms with E-state index in [0.29, 0.717) is 25.8 Å². The summed E-state index contributed by atoms with van der Waals surface area (Å²) in [6, 6.07) is 16.8. The number of carbonyl (C=O) groups excluding carboxylic acids is 1. The van der Waals surface area contributed by atoms with Gasteiger partial charge in [0.25, 0.3) is 5.69 Å². The lowest BCUT2D eigenvalue weighted by Gasteiger charge is -2.11. The lowest BCUT2D eigenvalue weighted by molar-refractivity contribution is -0.384. The van der Waals surface area contributed by atoms with Crippen LogP contribution in [-0.2, 0) is 6.61 Å². The number of amides is 1. The van der Waals surface area contributed by atoms with Gasteiger partial charge in [0.05, 0.1) is 20.1 Å². The Labute approximate surface area is 218 Å². The number of hydrazone groups is 1. The molecular weight excluding hydrogens is 638 g/mol. The number of halogens is 3. The first kappa shape index (κ1) is 24.1. The molecule has 11 heteroatoms. The Balaban J connectivity index is 1.39. The van der Waals surface area contributed by atoms with E-state index in [4.69, 9.17) is 9.15 Å². The van der Waals surface area contributed by atoms with Crippen LogP contribution in [0.15, 0.2) is 83.6 Å². The van der Waals surface area contributed by atoms with Gasteiger partial charge in [0.2, 0.25) is 0 Å². The van der Waals surface area contributed by atoms with Crippen LogP contribution in [0.4, 0.5) is 5.69 Å². The Kier molecular flexibility index (Phi) is 7.44. The number of fused-ring (bicyclic) bond motifs is 1. The van der Waals surface area contributed by atoms with Crippen molar-refractivity contribution in [2.75, 3.05) is 0 Å². The van der Waals surface area contributed by atoms with Gasteiger partial charge in [-0.25, -0.2) is 5.43 Å². The van der Waals surface area contributed by atoms with Gasteiger partial charge < -0.3 is 9.15 Å². The summed E-state index contributed by atoms with van der Waals surface area (Å²) in [6.45, 7) is 0.229. The van der Waals surface area contributed by atoms with E-state index in [2.05, 4.69) is 58.3 Å². The standard InChI is InChI=1S/C23H14Br3N3O5/c24-16-3-6-20-15(9-16)10-21(34-20)23(30)28-27-11-14-7-18(25)22(19(26)8-14)33-12-13-1-4-17(5-2-13)29(31)32/h1-11H,12H2,(H,28,30)/b27-11+. The van der Waals surface area contributed by atoms with Gasteiger partial charge in [-0.15, -0.1) is 0 Å². The van der Waals surface area contributed by atoms with Gasteiger partial charge in [0, 0.05) is 22.0 Å². The molecule has 0 radical (unpaired) electrons. The molecule has 0 spiro atoms. The predicted octanol–water partition coefficient (Wildman–Crippen LogP) is 6.97. The summed E-state index contributed by atoms with van der Waals surface area (Å²) in [5.74, 6) is 0.250. The molecule has 0 atom stereocenters. The van der Waals surface area contributed by atoms with Crippen LogP contribution < -0.4 is 10.2 Å². The zero-order valence-corrected chi connectivity index (χ0v) is 21.9. The second-order valence-electron chi connectivity index (χ2n) is 7.02. The minimum atomic E-state index is -0.468. The number of nitrogens with zero attached hydrogens (tertiary/aromatic N) is 2. The maximum atomic E-state index is 12.3. The molecule has 0 saturated carbocycles. The Morgan fingerprint density at radius 1 is 1.06 bits per heavy atom. The minimum absolute atomic E-state index is 0.0234. The number of non-ortho nitro benzene ring substituents is 1. The first-order valence-corrected chi connectivity index (χ1v) is 12.1. The lowest BCUT2D eigenvalue weighted by Crippen LogP contribution is -2.16. The van der Waals surface area contributed by atoms with Gasteiger partial charge in [0.1, 0.15) is 17.9 Å². The van der Waals surface area contributed by atoms with E-state index in [1.54, 1.807) is 36.4 Å². The fourth-order valence-electron chi connectivity index (χ4n) is 3.01. The van der Waals surface area contributed by atoms with Gasteiger partial charge in [-0.2, -0.15) is 5.10 Å². The molecule has 0 bridgehead atoms. The van der Waals surface area contributed by atoms with Crippen molar-refractivity contribution in [3.05, 3.63) is 101 Å². The van der Waals surface area contributed by atoms with Crippen LogP contribution in [0.3, 0.4) is 0 Å². The molecule has 4 rings (SSSR count). The number of rotatable bonds is 7. The zero-order valence-electron chi connectivity index (χ0n) is 17.1. The monoisotopic (exact) mass is 649 g/mol. The number of ether oxygens (including phenoxy) is 1. The molecule has 0 unspecified atom stereocenters. The quantitative estimate of drug-likeness (QED) is 0.132. The summed E-state index contributed by atoms with van der Waals surface area (Å²) in [4.78, 5) is 22.7. The zero-order chi connectivity index (χ0) is 24.2. The van der Waals surface area contributed by atoms with Crippen molar-refractivity contribution < 1.29 is 18.9 Å². The Morgan fingerprint density at radius 3 is 2.44 bits per heavy atom. The molecule has 1 aromatic heterocycles. The number of nitro benzene ring substituents is 1. The molecule has 0 aliphatic heterocycles. The maximum absolute atomic E-state index is 12.3. The fraction of sp³-hybridized carbons (Fsp3) is 0.0435. The number of benzene rings is 3. The van der Waals surface area contributed by atoms with Crippen molar-refractivity contribution in [3.8, 4) is 5.75 Å². The third kappa shape index (κ3) is 5.72. The number of carbonyl (C=O) groups is 1. The SMILES string of the molecule is O=C(N/N=C/c1cc(Br)c(OCc2ccc([N+](=O)[O-])cc2)c(Br)c1)c1cc2cc(Br)ccc2o1. The van der Waals surface area contributed by atoms with Gasteiger partial charge in [-0.05, 0) is 91.5 Å². The van der Waals surface area contributed by atoms with Crippen molar-refractivity contribution in [1.29, 1.82) is 0 Å². The number of hydrogen-bond donors (Lipinski definition) is 1. The van der Waals surface area contributed by atoms with Gasteiger partial charge in [0.15, 0.2) is 5.76 Å². The second kappa shape index (κ2) is 10.5. The Hall–Kier alpha value is -3.02. The molecule has 3 aromatic carbocycles. The highest BCUT2D eigenvalue weighted by Gasteiger charge is 2.13. The smallest absolute Gasteiger partial charge is 0.307 e. The molecule has 0 aliphatic rings. The molecular formula is C23H14Br3N3O5. The summed E-state index contributed by atoms with van der Waals surface area (Å²) >= 11 is 10.3. The highest BCUT2D eigenvalue weighted by atomic mass is 79.9. The largest absolute Gasteiger partial charge is 0.487 e. The summed E-state index contributed by atoms with van der Waals surface area (Å²) < 4.78 is 13.6. The van der Waals surface area contributed by atoms with Crippen molar-refractivity contribution >= 4 is 76.6 Å². The molecule has 1 N–H and O–H groups in total. The fourth-order valence-corrected chi connectivity index (χ4v) is 4.84.